The maximum absolute atomic E-state index is 12.1. The minimum Gasteiger partial charge on any atom is -0.480 e. The van der Waals surface area contributed by atoms with Crippen molar-refractivity contribution in [2.75, 3.05) is 13.1 Å². The topological polar surface area (TPSA) is 66.8 Å². The van der Waals surface area contributed by atoms with Crippen molar-refractivity contribution in [3.8, 4) is 5.75 Å². The summed E-state index contributed by atoms with van der Waals surface area (Å²) >= 11 is 0. The van der Waals surface area contributed by atoms with E-state index >= 15 is 0 Å². The van der Waals surface area contributed by atoms with E-state index in [0.29, 0.717) is 0 Å². The van der Waals surface area contributed by atoms with E-state index < -0.39 is 12.1 Å². The molecule has 1 aromatic rings. The predicted octanol–water partition coefficient (Wildman–Crippen LogP) is 1.77. The Morgan fingerprint density at radius 1 is 1.26 bits per heavy atom. The number of hydrogen-bond donors (Lipinski definition) is 1. The summed E-state index contributed by atoms with van der Waals surface area (Å²) in [7, 11) is 0. The van der Waals surface area contributed by atoms with Crippen molar-refractivity contribution in [1.82, 2.24) is 4.90 Å². The molecule has 0 bridgehead atoms. The van der Waals surface area contributed by atoms with E-state index in [1.54, 1.807) is 30.0 Å². The van der Waals surface area contributed by atoms with Crippen LogP contribution >= 0.6 is 0 Å². The molecular weight excluding hydrogens is 246 g/mol. The number of ether oxygens (including phenoxy) is 1. The number of amides is 1. The minimum absolute atomic E-state index is 0.0728. The van der Waals surface area contributed by atoms with E-state index in [2.05, 4.69) is 0 Å². The summed E-state index contributed by atoms with van der Waals surface area (Å²) in [6.07, 6.45) is 1.37. The van der Waals surface area contributed by atoms with Crippen LogP contribution in [0.1, 0.15) is 30.1 Å². The number of nitrogens with zero attached hydrogens (tertiary/aromatic N) is 1. The number of rotatable bonds is 4. The summed E-state index contributed by atoms with van der Waals surface area (Å²) in [5.74, 6) is -0.913. The molecule has 1 atom stereocenters. The molecule has 0 spiro atoms. The highest BCUT2D eigenvalue weighted by atomic mass is 16.5. The van der Waals surface area contributed by atoms with E-state index in [4.69, 9.17) is 9.84 Å². The van der Waals surface area contributed by atoms with Gasteiger partial charge in [0, 0.05) is 13.1 Å². The molecule has 5 heteroatoms. The monoisotopic (exact) mass is 263 g/mol. The van der Waals surface area contributed by atoms with Gasteiger partial charge in [-0.3, -0.25) is 4.79 Å². The molecule has 1 aromatic carbocycles. The van der Waals surface area contributed by atoms with Crippen LogP contribution in [0.4, 0.5) is 0 Å². The normalized spacial score (nSPS) is 16.2. The lowest BCUT2D eigenvalue weighted by molar-refractivity contribution is -0.136. The van der Waals surface area contributed by atoms with Gasteiger partial charge in [-0.15, -0.1) is 0 Å². The van der Waals surface area contributed by atoms with E-state index in [1.165, 1.54) is 6.07 Å². The number of hydrogen-bond acceptors (Lipinski definition) is 3. The summed E-state index contributed by atoms with van der Waals surface area (Å²) in [5.41, 5.74) is 0.0728. The van der Waals surface area contributed by atoms with E-state index in [0.717, 1.165) is 25.9 Å². The fourth-order valence-electron chi connectivity index (χ4n) is 2.18. The maximum Gasteiger partial charge on any atom is 0.339 e. The third-order valence-electron chi connectivity index (χ3n) is 3.19. The number of benzene rings is 1. The molecule has 1 unspecified atom stereocenters. The lowest BCUT2D eigenvalue weighted by Crippen LogP contribution is -2.38. The van der Waals surface area contributed by atoms with Crippen LogP contribution < -0.4 is 4.74 Å². The molecule has 0 saturated carbocycles. The minimum atomic E-state index is -1.06. The predicted molar refractivity (Wildman–Crippen MR) is 69.3 cm³/mol. The Balaban J connectivity index is 2.08. The summed E-state index contributed by atoms with van der Waals surface area (Å²) < 4.78 is 5.51. The van der Waals surface area contributed by atoms with Crippen molar-refractivity contribution in [3.63, 3.8) is 0 Å². The number of carbonyl (C=O) groups excluding carboxylic acids is 1. The molecule has 1 amide bonds. The van der Waals surface area contributed by atoms with Gasteiger partial charge >= 0.3 is 5.97 Å². The van der Waals surface area contributed by atoms with Gasteiger partial charge < -0.3 is 14.7 Å². The quantitative estimate of drug-likeness (QED) is 0.899. The summed E-state index contributed by atoms with van der Waals surface area (Å²) in [4.78, 5) is 24.9. The zero-order valence-corrected chi connectivity index (χ0v) is 10.8. The summed E-state index contributed by atoms with van der Waals surface area (Å²) in [6.45, 7) is 3.17. The highest BCUT2D eigenvalue weighted by Gasteiger charge is 2.25. The van der Waals surface area contributed by atoms with Crippen molar-refractivity contribution in [2.45, 2.75) is 25.9 Å². The van der Waals surface area contributed by atoms with Crippen molar-refractivity contribution in [3.05, 3.63) is 29.8 Å². The average molecular weight is 263 g/mol. The molecule has 1 heterocycles. The lowest BCUT2D eigenvalue weighted by atomic mass is 10.2. The first-order valence-electron chi connectivity index (χ1n) is 6.37. The van der Waals surface area contributed by atoms with Gasteiger partial charge in [0.15, 0.2) is 6.10 Å². The van der Waals surface area contributed by atoms with Crippen LogP contribution in [-0.2, 0) is 4.79 Å². The van der Waals surface area contributed by atoms with Crippen molar-refractivity contribution >= 4 is 11.9 Å². The zero-order chi connectivity index (χ0) is 13.8. The SMILES string of the molecule is CC(Oc1ccccc1C(=O)O)C(=O)N1CCCC1. The number of carboxylic acids is 1. The van der Waals surface area contributed by atoms with Crippen LogP contribution in [0.25, 0.3) is 0 Å². The van der Waals surface area contributed by atoms with Crippen LogP contribution in [0.3, 0.4) is 0 Å². The molecule has 1 aliphatic heterocycles. The van der Waals surface area contributed by atoms with Crippen LogP contribution in [-0.4, -0.2) is 41.1 Å². The third kappa shape index (κ3) is 3.05. The first-order chi connectivity index (χ1) is 9.09. The molecule has 2 rings (SSSR count). The Kier molecular flexibility index (Phi) is 4.04. The lowest BCUT2D eigenvalue weighted by Gasteiger charge is -2.21. The van der Waals surface area contributed by atoms with Gasteiger partial charge in [-0.1, -0.05) is 12.1 Å². The molecule has 1 aliphatic rings. The Morgan fingerprint density at radius 3 is 2.53 bits per heavy atom. The Hall–Kier alpha value is -2.04. The molecule has 1 N–H and O–H groups in total. The second-order valence-corrected chi connectivity index (χ2v) is 4.59. The van der Waals surface area contributed by atoms with Gasteiger partial charge in [0.25, 0.3) is 5.91 Å². The number of carboxylic acid groups (broad SMARTS) is 1. The Morgan fingerprint density at radius 2 is 1.89 bits per heavy atom. The standard InChI is InChI=1S/C14H17NO4/c1-10(13(16)15-8-4-5-9-15)19-12-7-3-2-6-11(12)14(17)18/h2-3,6-7,10H,4-5,8-9H2,1H3,(H,17,18). The summed E-state index contributed by atoms with van der Waals surface area (Å²) in [5, 5.41) is 9.05. The number of carbonyl (C=O) groups is 2. The average Bonchev–Trinajstić information content (AvgIpc) is 2.92. The maximum atomic E-state index is 12.1. The summed E-state index contributed by atoms with van der Waals surface area (Å²) in [6, 6.07) is 6.35. The smallest absolute Gasteiger partial charge is 0.339 e. The molecular formula is C14H17NO4. The molecule has 0 aromatic heterocycles. The van der Waals surface area contributed by atoms with E-state index in [-0.39, 0.29) is 17.2 Å². The number of para-hydroxylation sites is 1. The van der Waals surface area contributed by atoms with Crippen LogP contribution in [0, 0.1) is 0 Å². The molecule has 19 heavy (non-hydrogen) atoms. The van der Waals surface area contributed by atoms with E-state index in [9.17, 15) is 9.59 Å². The highest BCUT2D eigenvalue weighted by Crippen LogP contribution is 2.20. The van der Waals surface area contributed by atoms with Crippen molar-refractivity contribution < 1.29 is 19.4 Å². The molecule has 0 aliphatic carbocycles. The van der Waals surface area contributed by atoms with Gasteiger partial charge in [-0.05, 0) is 31.9 Å². The third-order valence-corrected chi connectivity index (χ3v) is 3.19. The largest absolute Gasteiger partial charge is 0.480 e. The number of likely N-dealkylation sites (tertiary alicyclic amines) is 1. The first kappa shape index (κ1) is 13.4. The van der Waals surface area contributed by atoms with Crippen LogP contribution in [0.5, 0.6) is 5.75 Å². The van der Waals surface area contributed by atoms with Gasteiger partial charge in [0.05, 0.1) is 0 Å². The van der Waals surface area contributed by atoms with Gasteiger partial charge in [0.2, 0.25) is 0 Å². The molecule has 102 valence electrons. The first-order valence-corrected chi connectivity index (χ1v) is 6.37. The van der Waals surface area contributed by atoms with E-state index in [1.807, 2.05) is 0 Å². The second-order valence-electron chi connectivity index (χ2n) is 4.59. The molecule has 5 nitrogen and oxygen atoms in total. The van der Waals surface area contributed by atoms with Gasteiger partial charge in [0.1, 0.15) is 11.3 Å². The zero-order valence-electron chi connectivity index (χ0n) is 10.8. The molecule has 1 fully saturated rings. The van der Waals surface area contributed by atoms with Crippen molar-refractivity contribution in [2.24, 2.45) is 0 Å². The Bertz CT molecular complexity index is 480. The fourth-order valence-corrected chi connectivity index (χ4v) is 2.18. The van der Waals surface area contributed by atoms with Gasteiger partial charge in [-0.25, -0.2) is 4.79 Å². The van der Waals surface area contributed by atoms with Crippen molar-refractivity contribution in [1.29, 1.82) is 0 Å². The van der Waals surface area contributed by atoms with Gasteiger partial charge in [-0.2, -0.15) is 0 Å². The van der Waals surface area contributed by atoms with Crippen LogP contribution in [0.2, 0.25) is 0 Å². The highest BCUT2D eigenvalue weighted by molar-refractivity contribution is 5.91. The fraction of sp³-hybridized carbons (Fsp3) is 0.429. The number of aromatic carboxylic acids is 1. The second kappa shape index (κ2) is 5.73. The van der Waals surface area contributed by atoms with Crippen LogP contribution in [0.15, 0.2) is 24.3 Å². The molecule has 1 saturated heterocycles. The Labute approximate surface area is 111 Å². The molecule has 0 radical (unpaired) electrons.